The highest BCUT2D eigenvalue weighted by molar-refractivity contribution is 6.34. The Bertz CT molecular complexity index is 1110. The van der Waals surface area contributed by atoms with Crippen LogP contribution in [0.4, 0.5) is 11.4 Å². The number of imide groups is 1. The van der Waals surface area contributed by atoms with E-state index in [-0.39, 0.29) is 5.91 Å². The molecule has 0 aromatic heterocycles. The molecule has 0 saturated heterocycles. The van der Waals surface area contributed by atoms with E-state index in [0.29, 0.717) is 33.1 Å². The third kappa shape index (κ3) is 3.06. The molecule has 138 valence electrons. The van der Waals surface area contributed by atoms with Gasteiger partial charge in [-0.2, -0.15) is 0 Å². The van der Waals surface area contributed by atoms with E-state index in [4.69, 9.17) is 11.6 Å². The largest absolute Gasteiger partial charge is 0.322 e. The Morgan fingerprint density at radius 2 is 1.57 bits per heavy atom. The van der Waals surface area contributed by atoms with Gasteiger partial charge in [0.1, 0.15) is 0 Å². The van der Waals surface area contributed by atoms with Crippen molar-refractivity contribution in [2.45, 2.75) is 6.92 Å². The molecule has 0 bridgehead atoms. The summed E-state index contributed by atoms with van der Waals surface area (Å²) in [5.74, 6) is -1.14. The SMILES string of the molecule is Cc1cc(Cl)ccc1NC(=O)c1cccc(N2C(=O)c3ccccc3C2=O)c1. The summed E-state index contributed by atoms with van der Waals surface area (Å²) in [6, 6.07) is 18.3. The van der Waals surface area contributed by atoms with Crippen LogP contribution >= 0.6 is 11.6 Å². The average Bonchev–Trinajstić information content (AvgIpc) is 2.95. The quantitative estimate of drug-likeness (QED) is 0.659. The second-order valence-electron chi connectivity index (χ2n) is 6.45. The molecule has 5 nitrogen and oxygen atoms in total. The molecule has 1 heterocycles. The van der Waals surface area contributed by atoms with Crippen molar-refractivity contribution in [2.24, 2.45) is 0 Å². The maximum atomic E-state index is 12.7. The van der Waals surface area contributed by atoms with E-state index in [1.165, 1.54) is 6.07 Å². The average molecular weight is 391 g/mol. The number of anilines is 2. The van der Waals surface area contributed by atoms with Crippen molar-refractivity contribution in [2.75, 3.05) is 10.2 Å². The van der Waals surface area contributed by atoms with Gasteiger partial charge in [-0.1, -0.05) is 29.8 Å². The highest BCUT2D eigenvalue weighted by atomic mass is 35.5. The fraction of sp³-hybridized carbons (Fsp3) is 0.0455. The molecule has 1 aliphatic heterocycles. The van der Waals surface area contributed by atoms with Crippen LogP contribution in [0.2, 0.25) is 5.02 Å². The van der Waals surface area contributed by atoms with Crippen molar-refractivity contribution in [3.8, 4) is 0 Å². The molecule has 0 unspecified atom stereocenters. The molecule has 0 saturated carbocycles. The summed E-state index contributed by atoms with van der Waals surface area (Å²) >= 11 is 5.95. The summed E-state index contributed by atoms with van der Waals surface area (Å²) in [4.78, 5) is 39.1. The van der Waals surface area contributed by atoms with Crippen LogP contribution in [0.25, 0.3) is 0 Å². The summed E-state index contributed by atoms with van der Waals surface area (Å²) < 4.78 is 0. The molecule has 3 aromatic carbocycles. The van der Waals surface area contributed by atoms with Gasteiger partial charge in [0.15, 0.2) is 0 Å². The van der Waals surface area contributed by atoms with E-state index in [1.807, 2.05) is 6.92 Å². The lowest BCUT2D eigenvalue weighted by atomic mass is 10.1. The van der Waals surface area contributed by atoms with Crippen molar-refractivity contribution in [3.63, 3.8) is 0 Å². The minimum atomic E-state index is -0.397. The van der Waals surface area contributed by atoms with Crippen molar-refractivity contribution < 1.29 is 14.4 Å². The first-order valence-electron chi connectivity index (χ1n) is 8.61. The number of benzene rings is 3. The fourth-order valence-corrected chi connectivity index (χ4v) is 3.40. The Balaban J connectivity index is 1.63. The van der Waals surface area contributed by atoms with E-state index in [9.17, 15) is 14.4 Å². The lowest BCUT2D eigenvalue weighted by Gasteiger charge is -2.15. The van der Waals surface area contributed by atoms with Gasteiger partial charge in [-0.25, -0.2) is 4.90 Å². The molecule has 1 aliphatic rings. The molecule has 4 rings (SSSR count). The number of nitrogens with one attached hydrogen (secondary N) is 1. The van der Waals surface area contributed by atoms with Crippen molar-refractivity contribution in [1.29, 1.82) is 0 Å². The number of halogens is 1. The van der Waals surface area contributed by atoms with Crippen LogP contribution in [-0.2, 0) is 0 Å². The first-order chi connectivity index (χ1) is 13.5. The van der Waals surface area contributed by atoms with Crippen LogP contribution < -0.4 is 10.2 Å². The number of aryl methyl sites for hydroxylation is 1. The second-order valence-corrected chi connectivity index (χ2v) is 6.89. The minimum absolute atomic E-state index is 0.336. The zero-order valence-electron chi connectivity index (χ0n) is 14.9. The van der Waals surface area contributed by atoms with Crippen molar-refractivity contribution in [3.05, 3.63) is 94.0 Å². The minimum Gasteiger partial charge on any atom is -0.322 e. The van der Waals surface area contributed by atoms with E-state index in [1.54, 1.807) is 60.7 Å². The highest BCUT2D eigenvalue weighted by Gasteiger charge is 2.36. The summed E-state index contributed by atoms with van der Waals surface area (Å²) in [5, 5.41) is 3.41. The number of rotatable bonds is 3. The third-order valence-electron chi connectivity index (χ3n) is 4.60. The molecule has 0 atom stereocenters. The van der Waals surface area contributed by atoms with Gasteiger partial charge in [0.25, 0.3) is 17.7 Å². The smallest absolute Gasteiger partial charge is 0.266 e. The van der Waals surface area contributed by atoms with Crippen LogP contribution in [0.3, 0.4) is 0 Å². The van der Waals surface area contributed by atoms with Gasteiger partial charge in [0.05, 0.1) is 16.8 Å². The predicted octanol–water partition coefficient (Wildman–Crippen LogP) is 4.70. The van der Waals surface area contributed by atoms with Crippen LogP contribution in [0.15, 0.2) is 66.7 Å². The van der Waals surface area contributed by atoms with Gasteiger partial charge >= 0.3 is 0 Å². The van der Waals surface area contributed by atoms with Crippen LogP contribution in [0, 0.1) is 6.92 Å². The normalized spacial score (nSPS) is 12.9. The van der Waals surface area contributed by atoms with Gasteiger partial charge in [-0.3, -0.25) is 14.4 Å². The third-order valence-corrected chi connectivity index (χ3v) is 4.83. The molecule has 28 heavy (non-hydrogen) atoms. The van der Waals surface area contributed by atoms with E-state index >= 15 is 0 Å². The first kappa shape index (κ1) is 17.9. The Kier molecular flexibility index (Phi) is 4.45. The van der Waals surface area contributed by atoms with Crippen LogP contribution in [-0.4, -0.2) is 17.7 Å². The maximum Gasteiger partial charge on any atom is 0.266 e. The van der Waals surface area contributed by atoms with E-state index in [0.717, 1.165) is 10.5 Å². The summed E-state index contributed by atoms with van der Waals surface area (Å²) in [7, 11) is 0. The van der Waals surface area contributed by atoms with Gasteiger partial charge < -0.3 is 5.32 Å². The monoisotopic (exact) mass is 390 g/mol. The topological polar surface area (TPSA) is 66.5 Å². The zero-order valence-corrected chi connectivity index (χ0v) is 15.7. The maximum absolute atomic E-state index is 12.7. The van der Waals surface area contributed by atoms with Gasteiger partial charge in [0, 0.05) is 16.3 Å². The Labute approximate surface area is 166 Å². The summed E-state index contributed by atoms with van der Waals surface area (Å²) in [5.41, 5.74) is 2.88. The molecule has 3 aromatic rings. The molecule has 0 fully saturated rings. The number of fused-ring (bicyclic) bond motifs is 1. The molecule has 0 aliphatic carbocycles. The second kappa shape index (κ2) is 6.94. The van der Waals surface area contributed by atoms with E-state index in [2.05, 4.69) is 5.32 Å². The van der Waals surface area contributed by atoms with E-state index < -0.39 is 11.8 Å². The lowest BCUT2D eigenvalue weighted by Crippen LogP contribution is -2.29. The number of carbonyl (C=O) groups excluding carboxylic acids is 3. The fourth-order valence-electron chi connectivity index (χ4n) is 3.17. The molecule has 0 radical (unpaired) electrons. The molecular weight excluding hydrogens is 376 g/mol. The summed E-state index contributed by atoms with van der Waals surface area (Å²) in [6.45, 7) is 1.84. The van der Waals surface area contributed by atoms with Crippen LogP contribution in [0.5, 0.6) is 0 Å². The predicted molar refractivity (Wildman–Crippen MR) is 108 cm³/mol. The number of nitrogens with zero attached hydrogens (tertiary/aromatic N) is 1. The lowest BCUT2D eigenvalue weighted by molar-refractivity contribution is 0.0924. The molecule has 0 spiro atoms. The van der Waals surface area contributed by atoms with Gasteiger partial charge in [-0.05, 0) is 61.0 Å². The standard InChI is InChI=1S/C22H15ClN2O3/c1-13-11-15(23)9-10-19(13)24-20(26)14-5-4-6-16(12-14)25-21(27)17-7-2-3-8-18(17)22(25)28/h2-12H,1H3,(H,24,26). The van der Waals surface area contributed by atoms with Crippen molar-refractivity contribution >= 4 is 40.7 Å². The number of carbonyl (C=O) groups is 3. The van der Waals surface area contributed by atoms with Gasteiger partial charge in [0.2, 0.25) is 0 Å². The Morgan fingerprint density at radius 1 is 0.893 bits per heavy atom. The Morgan fingerprint density at radius 3 is 2.21 bits per heavy atom. The Hall–Kier alpha value is -3.44. The zero-order chi connectivity index (χ0) is 19.8. The first-order valence-corrected chi connectivity index (χ1v) is 8.99. The molecule has 1 N–H and O–H groups in total. The highest BCUT2D eigenvalue weighted by Crippen LogP contribution is 2.29. The number of hydrogen-bond acceptors (Lipinski definition) is 3. The van der Waals surface area contributed by atoms with Crippen molar-refractivity contribution in [1.82, 2.24) is 0 Å². The molecular formula is C22H15ClN2O3. The summed E-state index contributed by atoms with van der Waals surface area (Å²) in [6.07, 6.45) is 0. The molecule has 6 heteroatoms. The van der Waals surface area contributed by atoms with Crippen LogP contribution in [0.1, 0.15) is 36.6 Å². The number of hydrogen-bond donors (Lipinski definition) is 1. The molecule has 3 amide bonds. The number of amides is 3. The van der Waals surface area contributed by atoms with Gasteiger partial charge in [-0.15, -0.1) is 0 Å².